The molecule has 1 aliphatic heterocycles. The minimum atomic E-state index is -0.370. The number of amides is 2. The van der Waals surface area contributed by atoms with E-state index >= 15 is 0 Å². The van der Waals surface area contributed by atoms with Crippen molar-refractivity contribution in [2.75, 3.05) is 45.8 Å². The lowest BCUT2D eigenvalue weighted by Gasteiger charge is -2.57. The second-order valence-electron chi connectivity index (χ2n) is 12.7. The third-order valence-corrected chi connectivity index (χ3v) is 7.87. The van der Waals surface area contributed by atoms with Crippen LogP contribution in [-0.4, -0.2) is 72.3 Å². The number of hydrogen-bond donors (Lipinski definition) is 0. The molecular weight excluding hydrogens is 386 g/mol. The molecule has 1 heterocycles. The highest BCUT2D eigenvalue weighted by Gasteiger charge is 2.51. The Labute approximate surface area is 190 Å². The summed E-state index contributed by atoms with van der Waals surface area (Å²) in [6.07, 6.45) is 4.88. The van der Waals surface area contributed by atoms with Crippen molar-refractivity contribution in [1.82, 2.24) is 14.7 Å². The van der Waals surface area contributed by atoms with E-state index in [-0.39, 0.29) is 22.6 Å². The van der Waals surface area contributed by atoms with Gasteiger partial charge in [0.25, 0.3) is 0 Å². The summed E-state index contributed by atoms with van der Waals surface area (Å²) in [6, 6.07) is 0. The third kappa shape index (κ3) is 5.18. The van der Waals surface area contributed by atoms with Gasteiger partial charge in [-0.15, -0.1) is 0 Å². The average molecular weight is 432 g/mol. The fourth-order valence-corrected chi connectivity index (χ4v) is 5.51. The maximum atomic E-state index is 13.3. The van der Waals surface area contributed by atoms with Gasteiger partial charge in [-0.05, 0) is 30.1 Å². The van der Waals surface area contributed by atoms with Crippen molar-refractivity contribution in [3.63, 3.8) is 0 Å². The van der Waals surface area contributed by atoms with Gasteiger partial charge < -0.3 is 9.80 Å². The molecule has 2 unspecified atom stereocenters. The molecule has 4 aliphatic rings. The van der Waals surface area contributed by atoms with E-state index < -0.39 is 0 Å². The van der Waals surface area contributed by atoms with Gasteiger partial charge in [-0.25, -0.2) is 0 Å². The van der Waals surface area contributed by atoms with Gasteiger partial charge in [-0.1, -0.05) is 67.0 Å². The Balaban J connectivity index is 1.59. The Kier molecular flexibility index (Phi) is 6.68. The fraction of sp³-hybridized carbons (Fsp3) is 0.846. The van der Waals surface area contributed by atoms with Gasteiger partial charge in [0.2, 0.25) is 11.8 Å². The number of fused-ring (bicyclic) bond motifs is 1. The molecule has 2 atom stereocenters. The molecule has 0 aromatic carbocycles. The Hall–Kier alpha value is -1.36. The van der Waals surface area contributed by atoms with Crippen LogP contribution >= 0.6 is 0 Å². The van der Waals surface area contributed by atoms with E-state index in [1.165, 1.54) is 18.4 Å². The molecule has 2 bridgehead atoms. The summed E-state index contributed by atoms with van der Waals surface area (Å²) in [5.74, 6) is 1.94. The van der Waals surface area contributed by atoms with Crippen LogP contribution in [0.3, 0.4) is 0 Å². The zero-order chi connectivity index (χ0) is 23.2. The molecule has 0 radical (unpaired) electrons. The third-order valence-electron chi connectivity index (χ3n) is 7.87. The zero-order valence-corrected chi connectivity index (χ0v) is 21.3. The van der Waals surface area contributed by atoms with Crippen molar-refractivity contribution in [3.05, 3.63) is 11.6 Å². The summed E-state index contributed by atoms with van der Waals surface area (Å²) in [6.45, 7) is 22.6. The summed E-state index contributed by atoms with van der Waals surface area (Å²) in [4.78, 5) is 32.3. The number of allylic oxidation sites excluding steroid dienone is 1. The summed E-state index contributed by atoms with van der Waals surface area (Å²) < 4.78 is 0. The normalized spacial score (nSPS) is 26.2. The first-order valence-electron chi connectivity index (χ1n) is 12.2. The van der Waals surface area contributed by atoms with E-state index in [0.717, 1.165) is 51.7 Å². The number of carbonyl (C=O) groups is 2. The van der Waals surface area contributed by atoms with Crippen LogP contribution in [0.4, 0.5) is 0 Å². The first-order chi connectivity index (χ1) is 14.2. The summed E-state index contributed by atoms with van der Waals surface area (Å²) in [7, 11) is 0. The Morgan fingerprint density at radius 1 is 1.03 bits per heavy atom. The molecule has 1 saturated carbocycles. The molecule has 31 heavy (non-hydrogen) atoms. The van der Waals surface area contributed by atoms with Gasteiger partial charge in [0.15, 0.2) is 0 Å². The molecule has 1 saturated heterocycles. The van der Waals surface area contributed by atoms with Crippen molar-refractivity contribution in [2.24, 2.45) is 28.1 Å². The molecule has 0 N–H and O–H groups in total. The van der Waals surface area contributed by atoms with Crippen LogP contribution in [-0.2, 0) is 9.59 Å². The fourth-order valence-electron chi connectivity index (χ4n) is 5.51. The van der Waals surface area contributed by atoms with Crippen LogP contribution in [0.1, 0.15) is 68.2 Å². The maximum Gasteiger partial charge on any atom is 0.228 e. The number of carbonyl (C=O) groups excluding carboxylic acids is 2. The molecule has 0 spiro atoms. The first-order valence-corrected chi connectivity index (χ1v) is 12.2. The average Bonchev–Trinajstić information content (AvgIpc) is 2.69. The smallest absolute Gasteiger partial charge is 0.228 e. The van der Waals surface area contributed by atoms with E-state index in [0.29, 0.717) is 11.3 Å². The molecule has 0 aromatic heterocycles. The van der Waals surface area contributed by atoms with E-state index in [1.807, 2.05) is 46.4 Å². The quantitative estimate of drug-likeness (QED) is 0.617. The van der Waals surface area contributed by atoms with Crippen molar-refractivity contribution in [3.8, 4) is 0 Å². The summed E-state index contributed by atoms with van der Waals surface area (Å²) in [5.41, 5.74) is 1.17. The predicted octanol–water partition coefficient (Wildman–Crippen LogP) is 4.04. The molecule has 3 aliphatic carbocycles. The number of hydrogen-bond acceptors (Lipinski definition) is 3. The largest absolute Gasteiger partial charge is 0.340 e. The molecule has 0 aromatic rings. The molecule has 176 valence electrons. The van der Waals surface area contributed by atoms with Crippen molar-refractivity contribution < 1.29 is 9.59 Å². The second kappa shape index (κ2) is 8.53. The van der Waals surface area contributed by atoms with E-state index in [1.54, 1.807) is 0 Å². The molecule has 2 amide bonds. The van der Waals surface area contributed by atoms with Gasteiger partial charge in [0.1, 0.15) is 0 Å². The zero-order valence-electron chi connectivity index (χ0n) is 21.3. The Morgan fingerprint density at radius 2 is 1.65 bits per heavy atom. The second-order valence-corrected chi connectivity index (χ2v) is 12.7. The van der Waals surface area contributed by atoms with E-state index in [9.17, 15) is 9.59 Å². The molecule has 5 heteroatoms. The van der Waals surface area contributed by atoms with Gasteiger partial charge in [0, 0.05) is 56.6 Å². The Morgan fingerprint density at radius 3 is 2.13 bits per heavy atom. The van der Waals surface area contributed by atoms with E-state index in [2.05, 4.69) is 29.7 Å². The predicted molar refractivity (Wildman–Crippen MR) is 127 cm³/mol. The lowest BCUT2D eigenvalue weighted by molar-refractivity contribution is -0.141. The molecular formula is C26H45N3O2. The van der Waals surface area contributed by atoms with Gasteiger partial charge >= 0.3 is 0 Å². The van der Waals surface area contributed by atoms with Gasteiger partial charge in [-0.2, -0.15) is 0 Å². The highest BCUT2D eigenvalue weighted by Crippen LogP contribution is 2.59. The molecule has 2 fully saturated rings. The minimum absolute atomic E-state index is 0.238. The lowest BCUT2D eigenvalue weighted by Crippen LogP contribution is -2.54. The molecule has 4 rings (SSSR count). The van der Waals surface area contributed by atoms with Crippen LogP contribution in [0, 0.1) is 28.1 Å². The lowest BCUT2D eigenvalue weighted by atomic mass is 9.49. The highest BCUT2D eigenvalue weighted by molar-refractivity contribution is 5.82. The van der Waals surface area contributed by atoms with Crippen molar-refractivity contribution in [1.29, 1.82) is 0 Å². The van der Waals surface area contributed by atoms with E-state index in [4.69, 9.17) is 0 Å². The minimum Gasteiger partial charge on any atom is -0.340 e. The maximum absolute atomic E-state index is 13.3. The molecule has 5 nitrogen and oxygen atoms in total. The van der Waals surface area contributed by atoms with Crippen LogP contribution in [0.2, 0.25) is 0 Å². The highest BCUT2D eigenvalue weighted by atomic mass is 16.2. The number of piperazine rings is 1. The van der Waals surface area contributed by atoms with Crippen LogP contribution in [0.15, 0.2) is 11.6 Å². The number of rotatable bonds is 5. The van der Waals surface area contributed by atoms with Gasteiger partial charge in [-0.3, -0.25) is 14.5 Å². The van der Waals surface area contributed by atoms with Gasteiger partial charge in [0.05, 0.1) is 0 Å². The standard InChI is InChI=1S/C26H45N3O2/c1-24(2,3)22(30)28-14-11-27(12-15-28)13-16-29(23(31)25(4,5)6)18-19-9-10-20-17-21(19)26(20,7)8/h9,20-21H,10-18H2,1-8H3. The topological polar surface area (TPSA) is 43.9 Å². The monoisotopic (exact) mass is 431 g/mol. The van der Waals surface area contributed by atoms with Crippen LogP contribution in [0.5, 0.6) is 0 Å². The Bertz CT molecular complexity index is 718. The van der Waals surface area contributed by atoms with Crippen LogP contribution in [0.25, 0.3) is 0 Å². The number of nitrogens with zero attached hydrogens (tertiary/aromatic N) is 3. The summed E-state index contributed by atoms with van der Waals surface area (Å²) >= 11 is 0. The first kappa shape index (κ1) is 24.3. The van der Waals surface area contributed by atoms with Crippen LogP contribution < -0.4 is 0 Å². The van der Waals surface area contributed by atoms with Crippen molar-refractivity contribution >= 4 is 11.8 Å². The summed E-state index contributed by atoms with van der Waals surface area (Å²) in [5, 5.41) is 0. The SMILES string of the molecule is CC(C)(C)C(=O)N1CCN(CCN(CC2=CCC3CC2C3(C)C)C(=O)C(C)(C)C)CC1. The van der Waals surface area contributed by atoms with Crippen molar-refractivity contribution in [2.45, 2.75) is 68.2 Å².